The smallest absolute Gasteiger partial charge is 0.119 e. The van der Waals surface area contributed by atoms with Crippen LogP contribution in [-0.2, 0) is 24.0 Å². The molecule has 0 aliphatic rings. The van der Waals surface area contributed by atoms with E-state index < -0.39 is 11.2 Å². The van der Waals surface area contributed by atoms with Crippen LogP contribution in [0.3, 0.4) is 0 Å². The van der Waals surface area contributed by atoms with Crippen molar-refractivity contribution in [3.8, 4) is 11.1 Å². The molecule has 6 aromatic carbocycles. The van der Waals surface area contributed by atoms with Gasteiger partial charge in [-0.05, 0) is 44.5 Å². The zero-order valence-corrected chi connectivity index (χ0v) is 23.5. The van der Waals surface area contributed by atoms with Crippen molar-refractivity contribution in [2.24, 2.45) is 0 Å². The summed E-state index contributed by atoms with van der Waals surface area (Å²) in [4.78, 5) is 0. The van der Waals surface area contributed by atoms with Gasteiger partial charge in [0.05, 0.1) is 0 Å². The van der Waals surface area contributed by atoms with Gasteiger partial charge in [-0.15, -0.1) is 0 Å². The van der Waals surface area contributed by atoms with E-state index in [0.717, 1.165) is 44.5 Å². The third-order valence-electron chi connectivity index (χ3n) is 8.14. The van der Waals surface area contributed by atoms with Gasteiger partial charge < -0.3 is 10.2 Å². The molecule has 206 valence electrons. The Kier molecular flexibility index (Phi) is 7.83. The van der Waals surface area contributed by atoms with Crippen molar-refractivity contribution < 1.29 is 10.2 Å². The first-order valence-electron chi connectivity index (χ1n) is 14.4. The van der Waals surface area contributed by atoms with Gasteiger partial charge in [0.1, 0.15) is 11.2 Å². The van der Waals surface area contributed by atoms with Crippen molar-refractivity contribution in [1.82, 2.24) is 0 Å². The molecule has 0 spiro atoms. The summed E-state index contributed by atoms with van der Waals surface area (Å²) in [6.45, 7) is 0. The lowest BCUT2D eigenvalue weighted by molar-refractivity contribution is 0.0795. The van der Waals surface area contributed by atoms with Gasteiger partial charge in [0.15, 0.2) is 0 Å². The minimum absolute atomic E-state index is 0.407. The molecule has 2 N–H and O–H groups in total. The maximum absolute atomic E-state index is 12.7. The molecule has 6 aromatic rings. The third kappa shape index (κ3) is 5.43. The standard InChI is InChI=1S/C40H34O2/c41-39(33-21-9-3-10-22-33,29-31-17-5-1-6-18-31)37-27-15-13-25-35(37)36-26-14-16-28-38(36)40(42,34-23-11-4-12-24-34)30-32-19-7-2-8-20-32/h1-28,41-42H,29-30H2. The second-order valence-corrected chi connectivity index (χ2v) is 10.9. The summed E-state index contributed by atoms with van der Waals surface area (Å²) in [5, 5.41) is 25.5. The fraction of sp³-hybridized carbons (Fsp3) is 0.100. The van der Waals surface area contributed by atoms with Crippen LogP contribution in [0.25, 0.3) is 11.1 Å². The van der Waals surface area contributed by atoms with Crippen LogP contribution in [0, 0.1) is 0 Å². The lowest BCUT2D eigenvalue weighted by Gasteiger charge is -2.35. The number of hydrogen-bond acceptors (Lipinski definition) is 2. The molecular formula is C40H34O2. The van der Waals surface area contributed by atoms with E-state index >= 15 is 0 Å². The Hall–Kier alpha value is -4.76. The van der Waals surface area contributed by atoms with Crippen LogP contribution >= 0.6 is 0 Å². The van der Waals surface area contributed by atoms with Crippen molar-refractivity contribution >= 4 is 0 Å². The Labute approximate surface area is 248 Å². The molecule has 0 saturated carbocycles. The van der Waals surface area contributed by atoms with Crippen molar-refractivity contribution in [3.05, 3.63) is 203 Å². The molecule has 2 heteroatoms. The van der Waals surface area contributed by atoms with E-state index in [9.17, 15) is 10.2 Å². The molecule has 42 heavy (non-hydrogen) atoms. The molecule has 0 amide bonds. The van der Waals surface area contributed by atoms with Crippen LogP contribution in [0.1, 0.15) is 33.4 Å². The van der Waals surface area contributed by atoms with E-state index in [0.29, 0.717) is 12.8 Å². The third-order valence-corrected chi connectivity index (χ3v) is 8.14. The van der Waals surface area contributed by atoms with Crippen LogP contribution in [0.15, 0.2) is 170 Å². The van der Waals surface area contributed by atoms with Gasteiger partial charge in [0.2, 0.25) is 0 Å². The van der Waals surface area contributed by atoms with E-state index in [2.05, 4.69) is 36.4 Å². The fourth-order valence-corrected chi connectivity index (χ4v) is 6.07. The summed E-state index contributed by atoms with van der Waals surface area (Å²) in [5.41, 5.74) is 4.46. The minimum atomic E-state index is -1.31. The number of rotatable bonds is 9. The highest BCUT2D eigenvalue weighted by atomic mass is 16.3. The number of aliphatic hydroxyl groups is 2. The first kappa shape index (κ1) is 27.4. The predicted octanol–water partition coefficient (Wildman–Crippen LogP) is 8.31. The summed E-state index contributed by atoms with van der Waals surface area (Å²) in [6, 6.07) is 56.1. The monoisotopic (exact) mass is 546 g/mol. The van der Waals surface area contributed by atoms with Crippen molar-refractivity contribution in [3.63, 3.8) is 0 Å². The van der Waals surface area contributed by atoms with Gasteiger partial charge in [-0.25, -0.2) is 0 Å². The lowest BCUT2D eigenvalue weighted by atomic mass is 9.74. The second-order valence-electron chi connectivity index (χ2n) is 10.9. The molecule has 0 aliphatic heterocycles. The average molecular weight is 547 g/mol. The topological polar surface area (TPSA) is 40.5 Å². The maximum atomic E-state index is 12.7. The van der Waals surface area contributed by atoms with Crippen molar-refractivity contribution in [2.45, 2.75) is 24.0 Å². The van der Waals surface area contributed by atoms with Gasteiger partial charge in [-0.2, -0.15) is 0 Å². The summed E-state index contributed by atoms with van der Waals surface area (Å²) in [5.74, 6) is 0. The molecular weight excluding hydrogens is 512 g/mol. The largest absolute Gasteiger partial charge is 0.380 e. The highest BCUT2D eigenvalue weighted by Gasteiger charge is 2.38. The Balaban J connectivity index is 1.56. The highest BCUT2D eigenvalue weighted by molar-refractivity contribution is 5.74. The second kappa shape index (κ2) is 12.0. The molecule has 2 nitrogen and oxygen atoms in total. The number of benzene rings is 6. The molecule has 6 rings (SSSR count). The summed E-state index contributed by atoms with van der Waals surface area (Å²) in [7, 11) is 0. The van der Waals surface area contributed by atoms with E-state index in [4.69, 9.17) is 0 Å². The van der Waals surface area contributed by atoms with Gasteiger partial charge in [-0.3, -0.25) is 0 Å². The summed E-state index contributed by atoms with van der Waals surface area (Å²) < 4.78 is 0. The molecule has 2 atom stereocenters. The maximum Gasteiger partial charge on any atom is 0.119 e. The molecule has 2 unspecified atom stereocenters. The fourth-order valence-electron chi connectivity index (χ4n) is 6.07. The quantitative estimate of drug-likeness (QED) is 0.191. The molecule has 0 aliphatic carbocycles. The zero-order valence-electron chi connectivity index (χ0n) is 23.5. The van der Waals surface area contributed by atoms with Crippen LogP contribution in [-0.4, -0.2) is 10.2 Å². The van der Waals surface area contributed by atoms with Crippen molar-refractivity contribution in [1.29, 1.82) is 0 Å². The summed E-state index contributed by atoms with van der Waals surface area (Å²) in [6.07, 6.45) is 0.813. The zero-order chi connectivity index (χ0) is 28.8. The Morgan fingerprint density at radius 3 is 0.976 bits per heavy atom. The lowest BCUT2D eigenvalue weighted by Crippen LogP contribution is -2.32. The van der Waals surface area contributed by atoms with E-state index in [1.54, 1.807) is 0 Å². The van der Waals surface area contributed by atoms with Gasteiger partial charge >= 0.3 is 0 Å². The SMILES string of the molecule is OC(Cc1ccccc1)(c1ccccc1)c1ccccc1-c1ccccc1C(O)(Cc1ccccc1)c1ccccc1. The average Bonchev–Trinajstić information content (AvgIpc) is 3.06. The van der Waals surface area contributed by atoms with E-state index in [1.807, 2.05) is 133 Å². The highest BCUT2D eigenvalue weighted by Crippen LogP contribution is 2.44. The van der Waals surface area contributed by atoms with Gasteiger partial charge in [0, 0.05) is 12.8 Å². The van der Waals surface area contributed by atoms with Crippen LogP contribution in [0.2, 0.25) is 0 Å². The Bertz CT molecular complexity index is 1600. The molecule has 0 aromatic heterocycles. The minimum Gasteiger partial charge on any atom is -0.380 e. The Morgan fingerprint density at radius 1 is 0.333 bits per heavy atom. The van der Waals surface area contributed by atoms with Crippen LogP contribution in [0.4, 0.5) is 0 Å². The van der Waals surface area contributed by atoms with Gasteiger partial charge in [-0.1, -0.05) is 170 Å². The first-order valence-corrected chi connectivity index (χ1v) is 14.4. The van der Waals surface area contributed by atoms with Crippen molar-refractivity contribution in [2.75, 3.05) is 0 Å². The van der Waals surface area contributed by atoms with E-state index in [-0.39, 0.29) is 0 Å². The predicted molar refractivity (Wildman–Crippen MR) is 171 cm³/mol. The van der Waals surface area contributed by atoms with Crippen LogP contribution < -0.4 is 0 Å². The Morgan fingerprint density at radius 2 is 0.619 bits per heavy atom. The van der Waals surface area contributed by atoms with Gasteiger partial charge in [0.25, 0.3) is 0 Å². The summed E-state index contributed by atoms with van der Waals surface area (Å²) >= 11 is 0. The normalized spacial score (nSPS) is 14.0. The van der Waals surface area contributed by atoms with Crippen LogP contribution in [0.5, 0.6) is 0 Å². The molecule has 0 heterocycles. The first-order chi connectivity index (χ1) is 20.6. The number of hydrogen-bond donors (Lipinski definition) is 2. The molecule has 0 radical (unpaired) electrons. The molecule has 0 saturated heterocycles. The molecule has 0 bridgehead atoms. The molecule has 0 fully saturated rings. The van der Waals surface area contributed by atoms with E-state index in [1.165, 1.54) is 0 Å².